The van der Waals surface area contributed by atoms with E-state index >= 15 is 0 Å². The lowest BCUT2D eigenvalue weighted by atomic mass is 9.62. The van der Waals surface area contributed by atoms with Crippen LogP contribution in [-0.2, 0) is 10.8 Å². The van der Waals surface area contributed by atoms with Crippen molar-refractivity contribution in [2.45, 2.75) is 24.7 Å². The molecule has 0 spiro atoms. The molecule has 0 saturated carbocycles. The lowest BCUT2D eigenvalue weighted by Gasteiger charge is -2.46. The van der Waals surface area contributed by atoms with Crippen LogP contribution in [0.25, 0.3) is 45.1 Å². The first-order chi connectivity index (χ1) is 34.5. The standard InChI is InChI=1S/C62H44N8/c1-61(2)47-23-9-13-27-51(47)67(52-28-14-10-24-48(52)61)45-37-33-41(34-38-45)57-63-65-59-60-66-64-58(70(60)56-32-18-17-31-55(56)69(57)59)42-35-39-46(40-36-42)68-53-29-15-11-25-49(53)62(43-19-5-3-6-20-43,44-21-7-4-8-22-44)50-26-12-16-30-54(50)68/h3-40H,1-2H3. The van der Waals surface area contributed by atoms with Gasteiger partial charge in [0.25, 0.3) is 0 Å². The van der Waals surface area contributed by atoms with Gasteiger partial charge in [-0.3, -0.25) is 8.80 Å². The highest BCUT2D eigenvalue weighted by molar-refractivity contribution is 5.92. The first kappa shape index (κ1) is 40.0. The van der Waals surface area contributed by atoms with Crippen molar-refractivity contribution in [3.63, 3.8) is 0 Å². The van der Waals surface area contributed by atoms with Gasteiger partial charge in [0.15, 0.2) is 11.6 Å². The predicted molar refractivity (Wildman–Crippen MR) is 281 cm³/mol. The Morgan fingerprint density at radius 2 is 0.643 bits per heavy atom. The molecule has 0 saturated heterocycles. The van der Waals surface area contributed by atoms with E-state index in [4.69, 9.17) is 20.4 Å². The summed E-state index contributed by atoms with van der Waals surface area (Å²) in [7, 11) is 0. The van der Waals surface area contributed by atoms with E-state index in [9.17, 15) is 0 Å². The predicted octanol–water partition coefficient (Wildman–Crippen LogP) is 14.5. The van der Waals surface area contributed by atoms with E-state index in [2.05, 4.69) is 263 Å². The van der Waals surface area contributed by atoms with Crippen LogP contribution in [0.5, 0.6) is 0 Å². The Morgan fingerprint density at radius 1 is 0.314 bits per heavy atom. The summed E-state index contributed by atoms with van der Waals surface area (Å²) >= 11 is 0. The Labute approximate surface area is 405 Å². The molecule has 9 aromatic carbocycles. The number of hydrogen-bond acceptors (Lipinski definition) is 6. The van der Waals surface area contributed by atoms with Gasteiger partial charge >= 0.3 is 0 Å². The van der Waals surface area contributed by atoms with Crippen LogP contribution in [0.3, 0.4) is 0 Å². The van der Waals surface area contributed by atoms with Gasteiger partial charge in [-0.05, 0) is 118 Å². The van der Waals surface area contributed by atoms with Crippen molar-refractivity contribution >= 4 is 56.5 Å². The van der Waals surface area contributed by atoms with Crippen molar-refractivity contribution in [3.8, 4) is 22.8 Å². The molecule has 0 bridgehead atoms. The summed E-state index contributed by atoms with van der Waals surface area (Å²) in [6.07, 6.45) is 0. The van der Waals surface area contributed by atoms with Crippen molar-refractivity contribution < 1.29 is 0 Å². The van der Waals surface area contributed by atoms with E-state index < -0.39 is 5.41 Å². The fourth-order valence-corrected chi connectivity index (χ4v) is 11.7. The van der Waals surface area contributed by atoms with Crippen LogP contribution in [0, 0.1) is 0 Å². The van der Waals surface area contributed by atoms with E-state index in [0.29, 0.717) is 11.3 Å². The lowest BCUT2D eigenvalue weighted by molar-refractivity contribution is 0.632. The maximum absolute atomic E-state index is 4.87. The summed E-state index contributed by atoms with van der Waals surface area (Å²) < 4.78 is 4.24. The molecular formula is C62H44N8. The van der Waals surface area contributed by atoms with E-state index in [1.54, 1.807) is 0 Å². The van der Waals surface area contributed by atoms with Gasteiger partial charge < -0.3 is 9.80 Å². The maximum Gasteiger partial charge on any atom is 0.207 e. The number of para-hydroxylation sites is 6. The highest BCUT2D eigenvalue weighted by Crippen LogP contribution is 2.58. The molecule has 2 aliphatic heterocycles. The van der Waals surface area contributed by atoms with E-state index in [1.807, 2.05) is 0 Å². The largest absolute Gasteiger partial charge is 0.310 e. The number of fused-ring (bicyclic) bond motifs is 10. The zero-order valence-corrected chi connectivity index (χ0v) is 38.5. The molecule has 8 heteroatoms. The van der Waals surface area contributed by atoms with Crippen molar-refractivity contribution in [2.24, 2.45) is 0 Å². The van der Waals surface area contributed by atoms with Gasteiger partial charge in [-0.15, -0.1) is 20.4 Å². The fraction of sp³-hybridized carbons (Fsp3) is 0.0645. The highest BCUT2D eigenvalue weighted by atomic mass is 15.3. The minimum absolute atomic E-state index is 0.130. The molecule has 14 rings (SSSR count). The molecule has 0 fully saturated rings. The average molecular weight is 901 g/mol. The summed E-state index contributed by atoms with van der Waals surface area (Å²) in [5.74, 6) is 1.46. The number of aromatic nitrogens is 6. The molecule has 0 aliphatic carbocycles. The van der Waals surface area contributed by atoms with Crippen LogP contribution in [0.4, 0.5) is 34.1 Å². The van der Waals surface area contributed by atoms with Crippen molar-refractivity contribution in [2.75, 3.05) is 9.80 Å². The van der Waals surface area contributed by atoms with E-state index in [0.717, 1.165) is 56.6 Å². The van der Waals surface area contributed by atoms with E-state index in [-0.39, 0.29) is 5.41 Å². The number of hydrogen-bond donors (Lipinski definition) is 0. The third-order valence-corrected chi connectivity index (χ3v) is 14.8. The zero-order valence-electron chi connectivity index (χ0n) is 38.5. The SMILES string of the molecule is CC1(C)c2ccccc2N(c2ccc(-c3nnc4c5nnc(-c6ccc(N7c8ccccc8C(c8ccccc8)(c8ccccc8)c8ccccc87)cc6)n5c5ccccc5n34)cc2)c2ccccc21. The molecule has 0 unspecified atom stereocenters. The number of nitrogens with zero attached hydrogens (tertiary/aromatic N) is 8. The van der Waals surface area contributed by atoms with Crippen LogP contribution in [0.2, 0.25) is 0 Å². The third kappa shape index (κ3) is 5.58. The smallest absolute Gasteiger partial charge is 0.207 e. The molecule has 0 amide bonds. The molecule has 3 aromatic heterocycles. The minimum atomic E-state index is -0.533. The zero-order chi connectivity index (χ0) is 46.6. The van der Waals surface area contributed by atoms with Gasteiger partial charge in [0.2, 0.25) is 11.3 Å². The number of benzene rings is 9. The van der Waals surface area contributed by atoms with Gasteiger partial charge in [0.05, 0.1) is 39.2 Å². The van der Waals surface area contributed by atoms with E-state index in [1.165, 1.54) is 44.8 Å². The maximum atomic E-state index is 4.87. The van der Waals surface area contributed by atoms with Crippen LogP contribution >= 0.6 is 0 Å². The summed E-state index contributed by atoms with van der Waals surface area (Å²) in [6, 6.07) is 82.7. The first-order valence-electron chi connectivity index (χ1n) is 23.8. The number of rotatable bonds is 6. The highest BCUT2D eigenvalue weighted by Gasteiger charge is 2.46. The molecule has 0 radical (unpaired) electrons. The van der Waals surface area contributed by atoms with Gasteiger partial charge in [-0.1, -0.05) is 159 Å². The molecular weight excluding hydrogens is 857 g/mol. The molecule has 70 heavy (non-hydrogen) atoms. The topological polar surface area (TPSA) is 66.9 Å². The lowest BCUT2D eigenvalue weighted by Crippen LogP contribution is -2.37. The van der Waals surface area contributed by atoms with Gasteiger partial charge in [-0.25, -0.2) is 0 Å². The molecule has 8 nitrogen and oxygen atoms in total. The Hall–Kier alpha value is -9.14. The summed E-state index contributed by atoms with van der Waals surface area (Å²) in [4.78, 5) is 4.77. The van der Waals surface area contributed by atoms with Crippen LogP contribution in [0.1, 0.15) is 47.2 Å². The Balaban J connectivity index is 0.859. The van der Waals surface area contributed by atoms with Crippen molar-refractivity contribution in [3.05, 3.63) is 264 Å². The Morgan fingerprint density at radius 3 is 1.04 bits per heavy atom. The summed E-state index contributed by atoms with van der Waals surface area (Å²) in [6.45, 7) is 4.63. The first-order valence-corrected chi connectivity index (χ1v) is 23.8. The second kappa shape index (κ2) is 15.2. The minimum Gasteiger partial charge on any atom is -0.310 e. The molecule has 0 N–H and O–H groups in total. The number of anilines is 6. The molecule has 5 heterocycles. The van der Waals surface area contributed by atoms with Gasteiger partial charge in [0.1, 0.15) is 0 Å². The second-order valence-electron chi connectivity index (χ2n) is 18.8. The van der Waals surface area contributed by atoms with Gasteiger partial charge in [-0.2, -0.15) is 0 Å². The summed E-state index contributed by atoms with van der Waals surface area (Å²) in [5.41, 5.74) is 18.7. The van der Waals surface area contributed by atoms with Crippen molar-refractivity contribution in [1.29, 1.82) is 0 Å². The Bertz CT molecular complexity index is 3850. The molecule has 2 aliphatic rings. The second-order valence-corrected chi connectivity index (χ2v) is 18.8. The normalized spacial score (nSPS) is 14.3. The monoisotopic (exact) mass is 900 g/mol. The molecule has 332 valence electrons. The van der Waals surface area contributed by atoms with Crippen LogP contribution in [0.15, 0.2) is 231 Å². The van der Waals surface area contributed by atoms with Gasteiger partial charge in [0, 0.05) is 27.9 Å². The summed E-state index contributed by atoms with van der Waals surface area (Å²) in [5, 5.41) is 19.4. The average Bonchev–Trinajstić information content (AvgIpc) is 4.08. The third-order valence-electron chi connectivity index (χ3n) is 14.8. The fourth-order valence-electron chi connectivity index (χ4n) is 11.7. The van der Waals surface area contributed by atoms with Crippen molar-refractivity contribution in [1.82, 2.24) is 29.2 Å². The molecule has 12 aromatic rings. The molecule has 0 atom stereocenters. The Kier molecular flexibility index (Phi) is 8.67. The van der Waals surface area contributed by atoms with Crippen LogP contribution < -0.4 is 9.80 Å². The quantitative estimate of drug-likeness (QED) is 0.166. The van der Waals surface area contributed by atoms with Crippen LogP contribution in [-0.4, -0.2) is 29.2 Å².